The standard InChI is InChI=1S/C17H18F2N2/c18-13-6-4-12(5-7-13)8-9-21-11-15-14(17(21)10-20)2-1-3-16(15)19/h1-7,17H,8-11,20H2. The molecule has 1 heterocycles. The van der Waals surface area contributed by atoms with Gasteiger partial charge in [0.05, 0.1) is 0 Å². The third-order valence-corrected chi connectivity index (χ3v) is 4.14. The smallest absolute Gasteiger partial charge is 0.128 e. The zero-order valence-corrected chi connectivity index (χ0v) is 11.7. The second kappa shape index (κ2) is 5.92. The molecule has 0 saturated heterocycles. The van der Waals surface area contributed by atoms with Gasteiger partial charge in [0.25, 0.3) is 0 Å². The lowest BCUT2D eigenvalue weighted by Gasteiger charge is -2.23. The summed E-state index contributed by atoms with van der Waals surface area (Å²) in [6.45, 7) is 1.84. The van der Waals surface area contributed by atoms with Crippen molar-refractivity contribution < 1.29 is 8.78 Å². The molecule has 0 aliphatic carbocycles. The molecule has 0 spiro atoms. The molecule has 0 aromatic heterocycles. The minimum atomic E-state index is -0.228. The van der Waals surface area contributed by atoms with E-state index in [1.807, 2.05) is 6.07 Å². The molecule has 1 unspecified atom stereocenters. The Bertz CT molecular complexity index is 625. The van der Waals surface area contributed by atoms with Crippen molar-refractivity contribution in [1.29, 1.82) is 0 Å². The van der Waals surface area contributed by atoms with E-state index in [-0.39, 0.29) is 17.7 Å². The topological polar surface area (TPSA) is 29.3 Å². The van der Waals surface area contributed by atoms with E-state index in [2.05, 4.69) is 4.90 Å². The second-order valence-corrected chi connectivity index (χ2v) is 5.41. The van der Waals surface area contributed by atoms with Crippen LogP contribution in [0, 0.1) is 11.6 Å². The number of rotatable bonds is 4. The lowest BCUT2D eigenvalue weighted by atomic mass is 10.0. The van der Waals surface area contributed by atoms with Crippen LogP contribution in [0.1, 0.15) is 22.7 Å². The third kappa shape index (κ3) is 2.82. The van der Waals surface area contributed by atoms with Crippen LogP contribution >= 0.6 is 0 Å². The van der Waals surface area contributed by atoms with E-state index in [1.54, 1.807) is 18.2 Å². The molecule has 0 fully saturated rings. The predicted molar refractivity (Wildman–Crippen MR) is 78.7 cm³/mol. The number of halogens is 2. The molecule has 21 heavy (non-hydrogen) atoms. The third-order valence-electron chi connectivity index (χ3n) is 4.14. The van der Waals surface area contributed by atoms with Crippen LogP contribution in [0.3, 0.4) is 0 Å². The van der Waals surface area contributed by atoms with E-state index in [1.165, 1.54) is 18.2 Å². The van der Waals surface area contributed by atoms with Gasteiger partial charge < -0.3 is 5.73 Å². The molecule has 3 rings (SSSR count). The van der Waals surface area contributed by atoms with E-state index in [0.29, 0.717) is 13.1 Å². The van der Waals surface area contributed by atoms with Crippen LogP contribution in [0.25, 0.3) is 0 Å². The molecule has 1 aliphatic rings. The Hall–Kier alpha value is -1.78. The normalized spacial score (nSPS) is 18.0. The van der Waals surface area contributed by atoms with Crippen molar-refractivity contribution in [2.45, 2.75) is 19.0 Å². The Kier molecular flexibility index (Phi) is 3.99. The molecular weight excluding hydrogens is 270 g/mol. The molecule has 2 aromatic rings. The van der Waals surface area contributed by atoms with E-state index in [0.717, 1.165) is 29.7 Å². The Morgan fingerprint density at radius 1 is 1.10 bits per heavy atom. The quantitative estimate of drug-likeness (QED) is 0.937. The Labute approximate surface area is 123 Å². The van der Waals surface area contributed by atoms with Crippen LogP contribution in [-0.2, 0) is 13.0 Å². The average Bonchev–Trinajstić information content (AvgIpc) is 2.86. The van der Waals surface area contributed by atoms with Gasteiger partial charge in [-0.2, -0.15) is 0 Å². The Morgan fingerprint density at radius 2 is 1.86 bits per heavy atom. The minimum Gasteiger partial charge on any atom is -0.329 e. The van der Waals surface area contributed by atoms with Crippen molar-refractivity contribution in [3.63, 3.8) is 0 Å². The van der Waals surface area contributed by atoms with Crippen LogP contribution in [0.5, 0.6) is 0 Å². The number of fused-ring (bicyclic) bond motifs is 1. The maximum absolute atomic E-state index is 13.9. The molecule has 4 heteroatoms. The number of benzene rings is 2. The average molecular weight is 288 g/mol. The first-order valence-electron chi connectivity index (χ1n) is 7.15. The van der Waals surface area contributed by atoms with Gasteiger partial charge in [0, 0.05) is 31.2 Å². The van der Waals surface area contributed by atoms with Crippen molar-refractivity contribution in [1.82, 2.24) is 4.90 Å². The largest absolute Gasteiger partial charge is 0.329 e. The summed E-state index contributed by atoms with van der Waals surface area (Å²) in [5, 5.41) is 0. The van der Waals surface area contributed by atoms with Crippen molar-refractivity contribution >= 4 is 0 Å². The van der Waals surface area contributed by atoms with Crippen molar-refractivity contribution in [3.8, 4) is 0 Å². The van der Waals surface area contributed by atoms with Gasteiger partial charge in [-0.25, -0.2) is 8.78 Å². The molecule has 110 valence electrons. The van der Waals surface area contributed by atoms with Crippen LogP contribution < -0.4 is 5.73 Å². The first kappa shape index (κ1) is 14.2. The first-order chi connectivity index (χ1) is 10.2. The maximum Gasteiger partial charge on any atom is 0.128 e. The summed E-state index contributed by atoms with van der Waals surface area (Å²) in [5.41, 5.74) is 8.69. The molecule has 1 aliphatic heterocycles. The highest BCUT2D eigenvalue weighted by molar-refractivity contribution is 5.35. The van der Waals surface area contributed by atoms with Gasteiger partial charge in [-0.1, -0.05) is 24.3 Å². The van der Waals surface area contributed by atoms with Crippen LogP contribution in [0.15, 0.2) is 42.5 Å². The molecule has 0 amide bonds. The molecule has 2 N–H and O–H groups in total. The van der Waals surface area contributed by atoms with Crippen LogP contribution in [0.2, 0.25) is 0 Å². The molecule has 0 radical (unpaired) electrons. The summed E-state index contributed by atoms with van der Waals surface area (Å²) in [7, 11) is 0. The van der Waals surface area contributed by atoms with Gasteiger partial charge in [-0.05, 0) is 35.7 Å². The molecular formula is C17H18F2N2. The molecule has 2 nitrogen and oxygen atoms in total. The zero-order valence-electron chi connectivity index (χ0n) is 11.7. The molecule has 1 atom stereocenters. The summed E-state index contributed by atoms with van der Waals surface area (Å²) in [6, 6.07) is 11.8. The van der Waals surface area contributed by atoms with Crippen LogP contribution in [0.4, 0.5) is 8.78 Å². The highest BCUT2D eigenvalue weighted by atomic mass is 19.1. The van der Waals surface area contributed by atoms with E-state index in [9.17, 15) is 8.78 Å². The number of nitrogens with two attached hydrogens (primary N) is 1. The van der Waals surface area contributed by atoms with Crippen molar-refractivity contribution in [2.75, 3.05) is 13.1 Å². The summed E-state index contributed by atoms with van der Waals surface area (Å²) < 4.78 is 26.8. The van der Waals surface area contributed by atoms with E-state index < -0.39 is 0 Å². The zero-order chi connectivity index (χ0) is 14.8. The highest BCUT2D eigenvalue weighted by Gasteiger charge is 2.30. The molecule has 0 bridgehead atoms. The lowest BCUT2D eigenvalue weighted by molar-refractivity contribution is 0.222. The maximum atomic E-state index is 13.9. The fourth-order valence-electron chi connectivity index (χ4n) is 3.00. The second-order valence-electron chi connectivity index (χ2n) is 5.41. The fraction of sp³-hybridized carbons (Fsp3) is 0.294. The van der Waals surface area contributed by atoms with Crippen molar-refractivity contribution in [3.05, 3.63) is 70.8 Å². The predicted octanol–water partition coefficient (Wildman–Crippen LogP) is 3.02. The fourth-order valence-corrected chi connectivity index (χ4v) is 3.00. The Morgan fingerprint density at radius 3 is 2.57 bits per heavy atom. The minimum absolute atomic E-state index is 0.0659. The number of hydrogen-bond donors (Lipinski definition) is 1. The van der Waals surface area contributed by atoms with Gasteiger partial charge in [0.1, 0.15) is 11.6 Å². The lowest BCUT2D eigenvalue weighted by Crippen LogP contribution is -2.29. The summed E-state index contributed by atoms with van der Waals surface area (Å²) >= 11 is 0. The molecule has 0 saturated carbocycles. The first-order valence-corrected chi connectivity index (χ1v) is 7.15. The SMILES string of the molecule is NCC1c2cccc(F)c2CN1CCc1ccc(F)cc1. The highest BCUT2D eigenvalue weighted by Crippen LogP contribution is 2.34. The monoisotopic (exact) mass is 288 g/mol. The summed E-state index contributed by atoms with van der Waals surface area (Å²) in [5.74, 6) is -0.385. The summed E-state index contributed by atoms with van der Waals surface area (Å²) in [4.78, 5) is 2.19. The van der Waals surface area contributed by atoms with Gasteiger partial charge in [0.2, 0.25) is 0 Å². The number of nitrogens with zero attached hydrogens (tertiary/aromatic N) is 1. The number of hydrogen-bond acceptors (Lipinski definition) is 2. The van der Waals surface area contributed by atoms with E-state index >= 15 is 0 Å². The van der Waals surface area contributed by atoms with Gasteiger partial charge in [-0.15, -0.1) is 0 Å². The summed E-state index contributed by atoms with van der Waals surface area (Å²) in [6.07, 6.45) is 0.798. The van der Waals surface area contributed by atoms with Crippen molar-refractivity contribution in [2.24, 2.45) is 5.73 Å². The van der Waals surface area contributed by atoms with Gasteiger partial charge in [-0.3, -0.25) is 4.90 Å². The van der Waals surface area contributed by atoms with Gasteiger partial charge in [0.15, 0.2) is 0 Å². The van der Waals surface area contributed by atoms with E-state index in [4.69, 9.17) is 5.73 Å². The Balaban J connectivity index is 1.72. The van der Waals surface area contributed by atoms with Gasteiger partial charge >= 0.3 is 0 Å². The molecule has 2 aromatic carbocycles. The van der Waals surface area contributed by atoms with Crippen LogP contribution in [-0.4, -0.2) is 18.0 Å².